The molecule has 0 bridgehead atoms. The Kier molecular flexibility index (Phi) is 4.90. The highest BCUT2D eigenvalue weighted by Gasteiger charge is 2.61. The lowest BCUT2D eigenvalue weighted by molar-refractivity contribution is -0.278. The second kappa shape index (κ2) is 6.85. The van der Waals surface area contributed by atoms with Crippen molar-refractivity contribution < 1.29 is 27.3 Å². The molecule has 2 aromatic rings. The van der Waals surface area contributed by atoms with Gasteiger partial charge >= 0.3 is 6.18 Å². The van der Waals surface area contributed by atoms with Crippen LogP contribution in [0, 0.1) is 0 Å². The third-order valence-electron chi connectivity index (χ3n) is 4.37. The molecule has 3 rings (SSSR count). The molecule has 0 radical (unpaired) electrons. The van der Waals surface area contributed by atoms with Gasteiger partial charge in [-0.05, 0) is 17.7 Å². The Bertz CT molecular complexity index is 813. The van der Waals surface area contributed by atoms with Crippen molar-refractivity contribution in [1.82, 2.24) is 5.32 Å². The van der Waals surface area contributed by atoms with Gasteiger partial charge in [0.15, 0.2) is 0 Å². The van der Waals surface area contributed by atoms with E-state index in [1.165, 1.54) is 0 Å². The number of aliphatic hydroxyl groups is 1. The summed E-state index contributed by atoms with van der Waals surface area (Å²) in [5, 5.41) is 10.4. The monoisotopic (exact) mass is 383 g/mol. The number of hydrogen-bond acceptors (Lipinski definition) is 3. The number of rotatable bonds is 3. The van der Waals surface area contributed by atoms with Gasteiger partial charge < -0.3 is 10.4 Å². The molecule has 1 aliphatic heterocycles. The fourth-order valence-corrected chi connectivity index (χ4v) is 4.58. The van der Waals surface area contributed by atoms with Crippen LogP contribution >= 0.6 is 0 Å². The van der Waals surface area contributed by atoms with E-state index >= 15 is 0 Å². The number of hydrogen-bond donors (Lipinski definition) is 2. The highest BCUT2D eigenvalue weighted by Crippen LogP contribution is 2.43. The van der Waals surface area contributed by atoms with E-state index in [9.17, 15) is 27.3 Å². The molecule has 0 aliphatic carbocycles. The summed E-state index contributed by atoms with van der Waals surface area (Å²) in [6.45, 7) is 0. The number of benzene rings is 2. The van der Waals surface area contributed by atoms with Gasteiger partial charge in [-0.15, -0.1) is 0 Å². The maximum atomic E-state index is 13.3. The van der Waals surface area contributed by atoms with Crippen LogP contribution in [-0.4, -0.2) is 32.4 Å². The zero-order chi connectivity index (χ0) is 18.9. The highest BCUT2D eigenvalue weighted by molar-refractivity contribution is 7.86. The Morgan fingerprint density at radius 3 is 2.12 bits per heavy atom. The van der Waals surface area contributed by atoms with Crippen molar-refractivity contribution in [1.29, 1.82) is 0 Å². The summed E-state index contributed by atoms with van der Waals surface area (Å²) in [6.07, 6.45) is -5.86. The van der Waals surface area contributed by atoms with Crippen molar-refractivity contribution in [3.05, 3.63) is 66.2 Å². The van der Waals surface area contributed by atoms with Crippen molar-refractivity contribution in [3.63, 3.8) is 0 Å². The molecular weight excluding hydrogens is 367 g/mol. The molecule has 1 aliphatic rings. The minimum Gasteiger partial charge on any atom is -0.363 e. The highest BCUT2D eigenvalue weighted by atomic mass is 32.2. The van der Waals surface area contributed by atoms with Crippen molar-refractivity contribution >= 4 is 16.7 Å². The molecule has 8 heteroatoms. The van der Waals surface area contributed by atoms with Crippen LogP contribution in [0.5, 0.6) is 0 Å². The van der Waals surface area contributed by atoms with Crippen LogP contribution in [0.1, 0.15) is 17.9 Å². The number of carbonyl (C=O) groups excluding carboxylic acids is 1. The molecule has 0 aromatic heterocycles. The molecule has 1 fully saturated rings. The fourth-order valence-electron chi connectivity index (χ4n) is 3.06. The first kappa shape index (κ1) is 18.6. The van der Waals surface area contributed by atoms with Crippen molar-refractivity contribution in [3.8, 4) is 0 Å². The lowest BCUT2D eigenvalue weighted by Gasteiger charge is -2.42. The zero-order valence-electron chi connectivity index (χ0n) is 13.4. The Balaban J connectivity index is 2.05. The van der Waals surface area contributed by atoms with Gasteiger partial charge in [0.1, 0.15) is 5.25 Å². The molecular formula is C18H16F3NO3S. The van der Waals surface area contributed by atoms with Crippen LogP contribution in [0.25, 0.3) is 0 Å². The molecule has 4 nitrogen and oxygen atoms in total. The van der Waals surface area contributed by atoms with Crippen LogP contribution in [0.2, 0.25) is 0 Å². The molecule has 26 heavy (non-hydrogen) atoms. The predicted molar refractivity (Wildman–Crippen MR) is 89.6 cm³/mol. The summed E-state index contributed by atoms with van der Waals surface area (Å²) < 4.78 is 52.8. The first-order chi connectivity index (χ1) is 12.2. The summed E-state index contributed by atoms with van der Waals surface area (Å²) in [5.74, 6) is -2.15. The van der Waals surface area contributed by atoms with Gasteiger partial charge in [-0.2, -0.15) is 13.2 Å². The fraction of sp³-hybridized carbons (Fsp3) is 0.278. The normalized spacial score (nSPS) is 27.6. The van der Waals surface area contributed by atoms with E-state index in [1.807, 2.05) is 0 Å². The molecule has 1 amide bonds. The van der Waals surface area contributed by atoms with Crippen LogP contribution in [0.3, 0.4) is 0 Å². The minimum absolute atomic E-state index is 0.339. The van der Waals surface area contributed by atoms with E-state index in [2.05, 4.69) is 0 Å². The average Bonchev–Trinajstić information content (AvgIpc) is 2.61. The second-order valence-electron chi connectivity index (χ2n) is 6.10. The maximum absolute atomic E-state index is 13.3. The van der Waals surface area contributed by atoms with Crippen LogP contribution in [0.4, 0.5) is 13.2 Å². The van der Waals surface area contributed by atoms with Crippen LogP contribution in [0.15, 0.2) is 65.6 Å². The van der Waals surface area contributed by atoms with Gasteiger partial charge in [-0.1, -0.05) is 48.5 Å². The lowest BCUT2D eigenvalue weighted by atomic mass is 9.83. The first-order valence-corrected chi connectivity index (χ1v) is 9.06. The standard InChI is InChI=1S/C18H16F3NO3S/c19-18(20,21)17(24)11-14(12-7-3-1-4-8-12)15(16(23)22-17)26(25)13-9-5-2-6-10-13/h1-10,14-15,24H,11H2,(H,22,23). The van der Waals surface area contributed by atoms with Gasteiger partial charge in [-0.25, -0.2) is 0 Å². The van der Waals surface area contributed by atoms with E-state index < -0.39 is 46.2 Å². The van der Waals surface area contributed by atoms with Gasteiger partial charge in [0.2, 0.25) is 11.6 Å². The van der Waals surface area contributed by atoms with Gasteiger partial charge in [0.25, 0.3) is 0 Å². The number of halogens is 3. The second-order valence-corrected chi connectivity index (χ2v) is 7.67. The van der Waals surface area contributed by atoms with E-state index in [1.54, 1.807) is 66.0 Å². The molecule has 1 heterocycles. The number of alkyl halides is 3. The SMILES string of the molecule is O=C1NC(O)(C(F)(F)F)CC(c2ccccc2)C1S(=O)c1ccccc1. The Hall–Kier alpha value is -2.19. The van der Waals surface area contributed by atoms with Gasteiger partial charge in [-0.3, -0.25) is 9.00 Å². The average molecular weight is 383 g/mol. The van der Waals surface area contributed by atoms with E-state index in [0.29, 0.717) is 10.5 Å². The summed E-state index contributed by atoms with van der Waals surface area (Å²) in [5.41, 5.74) is -2.94. The maximum Gasteiger partial charge on any atom is 0.436 e. The predicted octanol–water partition coefficient (Wildman–Crippen LogP) is 2.72. The summed E-state index contributed by atoms with van der Waals surface area (Å²) in [4.78, 5) is 12.8. The van der Waals surface area contributed by atoms with Crippen LogP contribution in [-0.2, 0) is 15.6 Å². The number of piperidine rings is 1. The quantitative estimate of drug-likeness (QED) is 0.857. The summed E-state index contributed by atoms with van der Waals surface area (Å²) in [6, 6.07) is 16.1. The Labute approximate surface area is 150 Å². The number of carbonyl (C=O) groups is 1. The van der Waals surface area contributed by atoms with E-state index in [0.717, 1.165) is 0 Å². The minimum atomic E-state index is -5.05. The third-order valence-corrected chi connectivity index (χ3v) is 6.11. The van der Waals surface area contributed by atoms with Crippen molar-refractivity contribution in [2.75, 3.05) is 0 Å². The molecule has 2 N–H and O–H groups in total. The smallest absolute Gasteiger partial charge is 0.363 e. The van der Waals surface area contributed by atoms with E-state index in [-0.39, 0.29) is 0 Å². The first-order valence-electron chi connectivity index (χ1n) is 7.85. The van der Waals surface area contributed by atoms with Gasteiger partial charge in [0.05, 0.1) is 10.8 Å². The molecule has 2 aromatic carbocycles. The molecule has 138 valence electrons. The molecule has 0 spiro atoms. The molecule has 0 saturated carbocycles. The van der Waals surface area contributed by atoms with E-state index in [4.69, 9.17) is 0 Å². The number of nitrogens with one attached hydrogen (secondary N) is 1. The van der Waals surface area contributed by atoms with Gasteiger partial charge in [0, 0.05) is 17.2 Å². The summed E-state index contributed by atoms with van der Waals surface area (Å²) in [7, 11) is -1.88. The number of amides is 1. The van der Waals surface area contributed by atoms with Crippen molar-refractivity contribution in [2.45, 2.75) is 34.4 Å². The third kappa shape index (κ3) is 3.39. The van der Waals surface area contributed by atoms with Crippen LogP contribution < -0.4 is 5.32 Å². The molecule has 1 saturated heterocycles. The Morgan fingerprint density at radius 2 is 1.58 bits per heavy atom. The largest absolute Gasteiger partial charge is 0.436 e. The topological polar surface area (TPSA) is 66.4 Å². The Morgan fingerprint density at radius 1 is 1.04 bits per heavy atom. The summed E-state index contributed by atoms with van der Waals surface area (Å²) >= 11 is 0. The van der Waals surface area contributed by atoms with Crippen molar-refractivity contribution in [2.24, 2.45) is 0 Å². The molecule has 4 unspecified atom stereocenters. The lowest BCUT2D eigenvalue weighted by Crippen LogP contribution is -2.66. The zero-order valence-corrected chi connectivity index (χ0v) is 14.3. The molecule has 4 atom stereocenters.